The molecule has 3 aromatic rings. The van der Waals surface area contributed by atoms with Gasteiger partial charge in [0.05, 0.1) is 5.52 Å². The van der Waals surface area contributed by atoms with Crippen LogP contribution < -0.4 is 5.73 Å². The maximum atomic E-state index is 12.4. The molecule has 0 aliphatic rings. The van der Waals surface area contributed by atoms with Crippen molar-refractivity contribution in [2.24, 2.45) is 5.73 Å². The first kappa shape index (κ1) is 13.5. The zero-order chi connectivity index (χ0) is 14.7. The van der Waals surface area contributed by atoms with Crippen LogP contribution in [0.2, 0.25) is 0 Å². The molecule has 2 aromatic carbocycles. The summed E-state index contributed by atoms with van der Waals surface area (Å²) in [7, 11) is 0. The molecule has 0 saturated carbocycles. The molecule has 2 N–H and O–H groups in total. The van der Waals surface area contributed by atoms with E-state index in [0.29, 0.717) is 5.56 Å². The number of carbonyl (C=O) groups excluding carboxylic acids is 1. The molecule has 0 amide bonds. The third kappa shape index (κ3) is 2.98. The minimum atomic E-state index is -0.287. The zero-order valence-electron chi connectivity index (χ0n) is 11.6. The van der Waals surface area contributed by atoms with E-state index in [1.165, 1.54) is 0 Å². The first-order valence-corrected chi connectivity index (χ1v) is 6.92. The molecule has 1 unspecified atom stereocenters. The van der Waals surface area contributed by atoms with Crippen molar-refractivity contribution >= 4 is 16.7 Å². The number of para-hydroxylation sites is 1. The zero-order valence-corrected chi connectivity index (χ0v) is 11.6. The number of hydrogen-bond donors (Lipinski definition) is 1. The van der Waals surface area contributed by atoms with Crippen LogP contribution in [-0.4, -0.2) is 10.8 Å². The minimum Gasteiger partial charge on any atom is -0.324 e. The van der Waals surface area contributed by atoms with Crippen molar-refractivity contribution in [3.05, 3.63) is 78.0 Å². The Balaban J connectivity index is 1.80. The first-order chi connectivity index (χ1) is 10.2. The fourth-order valence-corrected chi connectivity index (χ4v) is 2.36. The highest BCUT2D eigenvalue weighted by Crippen LogP contribution is 2.18. The third-order valence-electron chi connectivity index (χ3n) is 3.55. The predicted octanol–water partition coefficient (Wildman–Crippen LogP) is 3.51. The van der Waals surface area contributed by atoms with Crippen molar-refractivity contribution < 1.29 is 4.79 Å². The van der Waals surface area contributed by atoms with E-state index in [4.69, 9.17) is 5.73 Å². The molecular formula is C18H16N2O. The molecule has 0 aliphatic carbocycles. The highest BCUT2D eigenvalue weighted by Gasteiger charge is 2.14. The number of pyridine rings is 1. The van der Waals surface area contributed by atoms with E-state index in [1.807, 2.05) is 60.7 Å². The molecule has 1 atom stereocenters. The number of fused-ring (bicyclic) bond motifs is 1. The van der Waals surface area contributed by atoms with Crippen LogP contribution in [0.3, 0.4) is 0 Å². The molecule has 0 aliphatic heterocycles. The Morgan fingerprint density at radius 3 is 2.57 bits per heavy atom. The topological polar surface area (TPSA) is 56.0 Å². The van der Waals surface area contributed by atoms with E-state index in [0.717, 1.165) is 16.5 Å². The van der Waals surface area contributed by atoms with Gasteiger partial charge in [-0.15, -0.1) is 0 Å². The number of carbonyl (C=O) groups is 1. The number of hydrogen-bond acceptors (Lipinski definition) is 3. The van der Waals surface area contributed by atoms with Crippen LogP contribution >= 0.6 is 0 Å². The molecule has 0 radical (unpaired) electrons. The lowest BCUT2D eigenvalue weighted by Crippen LogP contribution is -2.15. The predicted molar refractivity (Wildman–Crippen MR) is 84.1 cm³/mol. The summed E-state index contributed by atoms with van der Waals surface area (Å²) in [5.41, 5.74) is 8.58. The van der Waals surface area contributed by atoms with Crippen LogP contribution in [0.5, 0.6) is 0 Å². The third-order valence-corrected chi connectivity index (χ3v) is 3.55. The van der Waals surface area contributed by atoms with E-state index in [1.54, 1.807) is 6.20 Å². The molecule has 3 heteroatoms. The van der Waals surface area contributed by atoms with Gasteiger partial charge >= 0.3 is 0 Å². The molecule has 21 heavy (non-hydrogen) atoms. The molecule has 1 heterocycles. The van der Waals surface area contributed by atoms with Gasteiger partial charge in [-0.05, 0) is 17.7 Å². The standard InChI is InChI=1S/C18H16N2O/c19-16(13-6-2-1-3-7-13)11-18(21)15-10-14-8-4-5-9-17(14)20-12-15/h1-10,12,16H,11,19H2. The number of Topliss-reactive ketones (excluding diaryl/α,β-unsaturated/α-hetero) is 1. The summed E-state index contributed by atoms with van der Waals surface area (Å²) < 4.78 is 0. The van der Waals surface area contributed by atoms with Crippen LogP contribution in [-0.2, 0) is 0 Å². The van der Waals surface area contributed by atoms with Gasteiger partial charge in [-0.2, -0.15) is 0 Å². The molecule has 1 aromatic heterocycles. The van der Waals surface area contributed by atoms with Gasteiger partial charge in [-0.1, -0.05) is 48.5 Å². The quantitative estimate of drug-likeness (QED) is 0.742. The van der Waals surface area contributed by atoms with Crippen LogP contribution in [0.25, 0.3) is 10.9 Å². The summed E-state index contributed by atoms with van der Waals surface area (Å²) in [5.74, 6) is 0.0182. The van der Waals surface area contributed by atoms with Gasteiger partial charge in [0.1, 0.15) is 0 Å². The Morgan fingerprint density at radius 1 is 1.05 bits per heavy atom. The normalized spacial score (nSPS) is 12.2. The Bertz CT molecular complexity index is 768. The van der Waals surface area contributed by atoms with Crippen molar-refractivity contribution in [1.82, 2.24) is 4.98 Å². The van der Waals surface area contributed by atoms with Crippen LogP contribution in [0, 0.1) is 0 Å². The second-order valence-electron chi connectivity index (χ2n) is 5.06. The molecule has 0 bridgehead atoms. The number of rotatable bonds is 4. The van der Waals surface area contributed by atoms with Gasteiger partial charge < -0.3 is 5.73 Å². The Labute approximate surface area is 123 Å². The summed E-state index contributed by atoms with van der Waals surface area (Å²) in [5, 5.41) is 0.969. The Kier molecular flexibility index (Phi) is 3.75. The van der Waals surface area contributed by atoms with Crippen LogP contribution in [0.1, 0.15) is 28.4 Å². The van der Waals surface area contributed by atoms with E-state index < -0.39 is 0 Å². The summed E-state index contributed by atoms with van der Waals surface area (Å²) in [6.07, 6.45) is 1.91. The summed E-state index contributed by atoms with van der Waals surface area (Å²) in [6, 6.07) is 19.0. The number of nitrogens with two attached hydrogens (primary N) is 1. The van der Waals surface area contributed by atoms with Crippen LogP contribution in [0.4, 0.5) is 0 Å². The van der Waals surface area contributed by atoms with Gasteiger partial charge in [0.15, 0.2) is 5.78 Å². The van der Waals surface area contributed by atoms with Gasteiger partial charge in [0, 0.05) is 29.6 Å². The highest BCUT2D eigenvalue weighted by molar-refractivity contribution is 5.99. The monoisotopic (exact) mass is 276 g/mol. The first-order valence-electron chi connectivity index (χ1n) is 6.92. The largest absolute Gasteiger partial charge is 0.324 e. The molecule has 104 valence electrons. The molecule has 3 nitrogen and oxygen atoms in total. The molecule has 0 fully saturated rings. The molecule has 0 saturated heterocycles. The maximum absolute atomic E-state index is 12.4. The van der Waals surface area contributed by atoms with E-state index in [-0.39, 0.29) is 18.2 Å². The number of nitrogens with zero attached hydrogens (tertiary/aromatic N) is 1. The lowest BCUT2D eigenvalue weighted by molar-refractivity contribution is 0.0974. The van der Waals surface area contributed by atoms with Gasteiger partial charge in [0.25, 0.3) is 0 Å². The average Bonchev–Trinajstić information content (AvgIpc) is 2.55. The Hall–Kier alpha value is -2.52. The van der Waals surface area contributed by atoms with E-state index >= 15 is 0 Å². The van der Waals surface area contributed by atoms with Crippen LogP contribution in [0.15, 0.2) is 66.9 Å². The SMILES string of the molecule is NC(CC(=O)c1cnc2ccccc2c1)c1ccccc1. The summed E-state index contributed by atoms with van der Waals surface area (Å²) in [6.45, 7) is 0. The average molecular weight is 276 g/mol. The smallest absolute Gasteiger partial charge is 0.166 e. The fraction of sp³-hybridized carbons (Fsp3) is 0.111. The van der Waals surface area contributed by atoms with Gasteiger partial charge in [-0.3, -0.25) is 9.78 Å². The number of ketones is 1. The second kappa shape index (κ2) is 5.85. The maximum Gasteiger partial charge on any atom is 0.166 e. The molecular weight excluding hydrogens is 260 g/mol. The lowest BCUT2D eigenvalue weighted by Gasteiger charge is -2.11. The minimum absolute atomic E-state index is 0.0182. The van der Waals surface area contributed by atoms with E-state index in [9.17, 15) is 4.79 Å². The van der Waals surface area contributed by atoms with Crippen molar-refractivity contribution in [3.63, 3.8) is 0 Å². The number of aromatic nitrogens is 1. The van der Waals surface area contributed by atoms with Gasteiger partial charge in [0.2, 0.25) is 0 Å². The van der Waals surface area contributed by atoms with E-state index in [2.05, 4.69) is 4.98 Å². The van der Waals surface area contributed by atoms with Crippen molar-refractivity contribution in [2.45, 2.75) is 12.5 Å². The van der Waals surface area contributed by atoms with Gasteiger partial charge in [-0.25, -0.2) is 0 Å². The molecule has 3 rings (SSSR count). The number of benzene rings is 2. The Morgan fingerprint density at radius 2 is 1.76 bits per heavy atom. The van der Waals surface area contributed by atoms with Crippen molar-refractivity contribution in [1.29, 1.82) is 0 Å². The summed E-state index contributed by atoms with van der Waals surface area (Å²) in [4.78, 5) is 16.7. The summed E-state index contributed by atoms with van der Waals surface area (Å²) >= 11 is 0. The fourth-order valence-electron chi connectivity index (χ4n) is 2.36. The lowest BCUT2D eigenvalue weighted by atomic mass is 9.99. The van der Waals surface area contributed by atoms with Crippen molar-refractivity contribution in [2.75, 3.05) is 0 Å². The second-order valence-corrected chi connectivity index (χ2v) is 5.06. The highest BCUT2D eigenvalue weighted by atomic mass is 16.1. The molecule has 0 spiro atoms. The van der Waals surface area contributed by atoms with Crippen molar-refractivity contribution in [3.8, 4) is 0 Å².